The van der Waals surface area contributed by atoms with Crippen molar-refractivity contribution in [2.45, 2.75) is 38.6 Å². The third-order valence-electron chi connectivity index (χ3n) is 4.34. The highest BCUT2D eigenvalue weighted by Gasteiger charge is 2.28. The molecule has 0 spiro atoms. The normalized spacial score (nSPS) is 11.7. The van der Waals surface area contributed by atoms with Crippen molar-refractivity contribution in [1.29, 1.82) is 0 Å². The molecule has 0 aliphatic rings. The van der Waals surface area contributed by atoms with Gasteiger partial charge in [0.25, 0.3) is 0 Å². The Kier molecular flexibility index (Phi) is 9.01. The van der Waals surface area contributed by atoms with Crippen molar-refractivity contribution in [3.05, 3.63) is 71.5 Å². The van der Waals surface area contributed by atoms with E-state index >= 15 is 0 Å². The summed E-state index contributed by atoms with van der Waals surface area (Å²) < 4.78 is 13.0. The monoisotopic (exact) mass is 402 g/mol. The van der Waals surface area contributed by atoms with Gasteiger partial charge in [-0.1, -0.05) is 49.4 Å². The quantitative estimate of drug-likeness (QED) is 0.653. The molecule has 0 unspecified atom stereocenters. The number of nitrogens with zero attached hydrogens (tertiary/aromatic N) is 1. The first-order valence-electron chi connectivity index (χ1n) is 9.48. The standard InChI is InChI=1S/C22H27FN2O2S/c1-3-20(22(27)24-4-2)25(14-17-8-6-5-7-9-17)21(26)16-28-15-18-10-12-19(23)13-11-18/h5-13,20H,3-4,14-16H2,1-2H3,(H,24,27)/t20-/m0/s1. The van der Waals surface area contributed by atoms with Crippen LogP contribution < -0.4 is 5.32 Å². The van der Waals surface area contributed by atoms with E-state index < -0.39 is 6.04 Å². The molecule has 150 valence electrons. The molecule has 2 rings (SSSR count). The van der Waals surface area contributed by atoms with Gasteiger partial charge in [0.05, 0.1) is 5.75 Å². The van der Waals surface area contributed by atoms with E-state index in [9.17, 15) is 14.0 Å². The van der Waals surface area contributed by atoms with Crippen LogP contribution in [0.2, 0.25) is 0 Å². The number of thioether (sulfide) groups is 1. The van der Waals surface area contributed by atoms with E-state index in [1.807, 2.05) is 44.2 Å². The summed E-state index contributed by atoms with van der Waals surface area (Å²) >= 11 is 1.47. The number of carbonyl (C=O) groups is 2. The maximum atomic E-state index is 13.0. The van der Waals surface area contributed by atoms with Crippen molar-refractivity contribution in [2.75, 3.05) is 12.3 Å². The number of amides is 2. The van der Waals surface area contributed by atoms with Crippen LogP contribution in [-0.4, -0.2) is 35.1 Å². The van der Waals surface area contributed by atoms with Gasteiger partial charge >= 0.3 is 0 Å². The van der Waals surface area contributed by atoms with Crippen molar-refractivity contribution in [1.82, 2.24) is 10.2 Å². The predicted molar refractivity (Wildman–Crippen MR) is 112 cm³/mol. The summed E-state index contributed by atoms with van der Waals surface area (Å²) in [7, 11) is 0. The second-order valence-corrected chi connectivity index (χ2v) is 7.43. The molecule has 2 amide bonds. The molecule has 0 aromatic heterocycles. The molecular formula is C22H27FN2O2S. The van der Waals surface area contributed by atoms with E-state index in [-0.39, 0.29) is 23.4 Å². The summed E-state index contributed by atoms with van der Waals surface area (Å²) in [5.41, 5.74) is 1.95. The molecular weight excluding hydrogens is 375 g/mol. The van der Waals surface area contributed by atoms with E-state index in [4.69, 9.17) is 0 Å². The highest BCUT2D eigenvalue weighted by Crippen LogP contribution is 2.17. The Morgan fingerprint density at radius 2 is 1.71 bits per heavy atom. The number of hydrogen-bond donors (Lipinski definition) is 1. The highest BCUT2D eigenvalue weighted by atomic mass is 32.2. The SMILES string of the molecule is CCNC(=O)[C@H](CC)N(Cc1ccccc1)C(=O)CSCc1ccc(F)cc1. The predicted octanol–water partition coefficient (Wildman–Crippen LogP) is 4.00. The lowest BCUT2D eigenvalue weighted by molar-refractivity contribution is -0.139. The Balaban J connectivity index is 2.06. The van der Waals surface area contributed by atoms with Crippen LogP contribution >= 0.6 is 11.8 Å². The molecule has 6 heteroatoms. The number of halogens is 1. The lowest BCUT2D eigenvalue weighted by Crippen LogP contribution is -2.49. The minimum Gasteiger partial charge on any atom is -0.355 e. The van der Waals surface area contributed by atoms with Crippen LogP contribution in [0.15, 0.2) is 54.6 Å². The number of rotatable bonds is 10. The summed E-state index contributed by atoms with van der Waals surface area (Å²) in [6.45, 7) is 4.71. The highest BCUT2D eigenvalue weighted by molar-refractivity contribution is 7.99. The molecule has 0 aliphatic carbocycles. The molecule has 1 N–H and O–H groups in total. The second kappa shape index (κ2) is 11.5. The van der Waals surface area contributed by atoms with Gasteiger partial charge in [-0.3, -0.25) is 9.59 Å². The third-order valence-corrected chi connectivity index (χ3v) is 5.33. The van der Waals surface area contributed by atoms with Crippen molar-refractivity contribution in [2.24, 2.45) is 0 Å². The summed E-state index contributed by atoms with van der Waals surface area (Å²) in [5, 5.41) is 2.83. The van der Waals surface area contributed by atoms with Gasteiger partial charge in [0, 0.05) is 18.8 Å². The largest absolute Gasteiger partial charge is 0.355 e. The van der Waals surface area contributed by atoms with Crippen LogP contribution in [0.25, 0.3) is 0 Å². The van der Waals surface area contributed by atoms with Gasteiger partial charge in [-0.25, -0.2) is 4.39 Å². The van der Waals surface area contributed by atoms with E-state index in [1.165, 1.54) is 23.9 Å². The van der Waals surface area contributed by atoms with Crippen LogP contribution in [0.1, 0.15) is 31.4 Å². The Labute approximate surface area is 170 Å². The Morgan fingerprint density at radius 3 is 2.32 bits per heavy atom. The van der Waals surface area contributed by atoms with E-state index in [0.717, 1.165) is 11.1 Å². The van der Waals surface area contributed by atoms with Gasteiger partial charge in [0.15, 0.2) is 0 Å². The molecule has 28 heavy (non-hydrogen) atoms. The summed E-state index contributed by atoms with van der Waals surface area (Å²) in [5.74, 6) is 0.405. The molecule has 0 saturated carbocycles. The maximum absolute atomic E-state index is 13.0. The molecule has 4 nitrogen and oxygen atoms in total. The second-order valence-electron chi connectivity index (χ2n) is 6.45. The van der Waals surface area contributed by atoms with Crippen LogP contribution in [0.4, 0.5) is 4.39 Å². The molecule has 0 fully saturated rings. The summed E-state index contributed by atoms with van der Waals surface area (Å²) in [6, 6.07) is 15.5. The van der Waals surface area contributed by atoms with Crippen LogP contribution in [0, 0.1) is 5.82 Å². The van der Waals surface area contributed by atoms with Crippen molar-refractivity contribution in [3.8, 4) is 0 Å². The van der Waals surface area contributed by atoms with Crippen molar-refractivity contribution < 1.29 is 14.0 Å². The van der Waals surface area contributed by atoms with Gasteiger partial charge in [0.2, 0.25) is 11.8 Å². The molecule has 2 aromatic rings. The molecule has 0 aliphatic heterocycles. The zero-order valence-electron chi connectivity index (χ0n) is 16.4. The van der Waals surface area contributed by atoms with E-state index in [2.05, 4.69) is 5.32 Å². The van der Waals surface area contributed by atoms with Crippen molar-refractivity contribution in [3.63, 3.8) is 0 Å². The Morgan fingerprint density at radius 1 is 1.04 bits per heavy atom. The summed E-state index contributed by atoms with van der Waals surface area (Å²) in [4.78, 5) is 27.1. The molecule has 2 aromatic carbocycles. The number of hydrogen-bond acceptors (Lipinski definition) is 3. The van der Waals surface area contributed by atoms with E-state index in [1.54, 1.807) is 17.0 Å². The minimum atomic E-state index is -0.501. The maximum Gasteiger partial charge on any atom is 0.242 e. The number of nitrogens with one attached hydrogen (secondary N) is 1. The topological polar surface area (TPSA) is 49.4 Å². The van der Waals surface area contributed by atoms with Crippen LogP contribution in [0.5, 0.6) is 0 Å². The smallest absolute Gasteiger partial charge is 0.242 e. The van der Waals surface area contributed by atoms with Gasteiger partial charge < -0.3 is 10.2 Å². The number of likely N-dealkylation sites (N-methyl/N-ethyl adjacent to an activating group) is 1. The molecule has 0 bridgehead atoms. The fraction of sp³-hybridized carbons (Fsp3) is 0.364. The number of benzene rings is 2. The van der Waals surface area contributed by atoms with Gasteiger partial charge in [-0.2, -0.15) is 0 Å². The number of carbonyl (C=O) groups excluding carboxylic acids is 2. The average molecular weight is 403 g/mol. The van der Waals surface area contributed by atoms with E-state index in [0.29, 0.717) is 25.3 Å². The zero-order chi connectivity index (χ0) is 20.4. The summed E-state index contributed by atoms with van der Waals surface area (Å²) in [6.07, 6.45) is 0.549. The van der Waals surface area contributed by atoms with Crippen LogP contribution in [0.3, 0.4) is 0 Å². The average Bonchev–Trinajstić information content (AvgIpc) is 2.70. The fourth-order valence-corrected chi connectivity index (χ4v) is 3.78. The van der Waals surface area contributed by atoms with Gasteiger partial charge in [-0.15, -0.1) is 11.8 Å². The third kappa shape index (κ3) is 6.68. The molecule has 0 heterocycles. The lowest BCUT2D eigenvalue weighted by atomic mass is 10.1. The molecule has 0 radical (unpaired) electrons. The van der Waals surface area contributed by atoms with Gasteiger partial charge in [-0.05, 0) is 36.6 Å². The first kappa shape index (κ1) is 22.0. The first-order chi connectivity index (χ1) is 13.5. The zero-order valence-corrected chi connectivity index (χ0v) is 17.2. The Hall–Kier alpha value is -2.34. The van der Waals surface area contributed by atoms with Crippen LogP contribution in [-0.2, 0) is 21.9 Å². The molecule has 1 atom stereocenters. The minimum absolute atomic E-state index is 0.0749. The van der Waals surface area contributed by atoms with Gasteiger partial charge in [0.1, 0.15) is 11.9 Å². The van der Waals surface area contributed by atoms with Crippen molar-refractivity contribution >= 4 is 23.6 Å². The Bertz CT molecular complexity index is 753. The fourth-order valence-electron chi connectivity index (χ4n) is 2.91. The first-order valence-corrected chi connectivity index (χ1v) is 10.6. The lowest BCUT2D eigenvalue weighted by Gasteiger charge is -2.30. The molecule has 0 saturated heterocycles.